The predicted octanol–water partition coefficient (Wildman–Crippen LogP) is -0.00980. The van der Waals surface area contributed by atoms with Crippen molar-refractivity contribution in [2.75, 3.05) is 11.2 Å². The number of aromatic nitrogens is 1. The standard InChI is InChI=1S/C10H10BFN4O2S/c12-7-1-2-8(11(17)18)6(3-7)4-14-16-10-15-9(13)5-19-10/h1-5,17-18H,13H2,(H,15,16). The molecule has 6 nitrogen and oxygen atoms in total. The van der Waals surface area contributed by atoms with Crippen LogP contribution in [0.1, 0.15) is 5.56 Å². The number of anilines is 2. The van der Waals surface area contributed by atoms with Crippen molar-refractivity contribution in [1.29, 1.82) is 0 Å². The second-order valence-electron chi connectivity index (χ2n) is 3.59. The molecule has 0 aliphatic heterocycles. The van der Waals surface area contributed by atoms with Gasteiger partial charge >= 0.3 is 7.12 Å². The zero-order chi connectivity index (χ0) is 13.8. The van der Waals surface area contributed by atoms with Crippen LogP contribution >= 0.6 is 11.3 Å². The van der Waals surface area contributed by atoms with Crippen molar-refractivity contribution in [1.82, 2.24) is 4.98 Å². The lowest BCUT2D eigenvalue weighted by Gasteiger charge is -2.04. The molecular weight excluding hydrogens is 270 g/mol. The Morgan fingerprint density at radius 1 is 1.47 bits per heavy atom. The van der Waals surface area contributed by atoms with Crippen LogP contribution in [0, 0.1) is 5.82 Å². The topological polar surface area (TPSA) is 104 Å². The first-order valence-corrected chi connectivity index (χ1v) is 6.10. The summed E-state index contributed by atoms with van der Waals surface area (Å²) in [6.45, 7) is 0. The molecule has 0 amide bonds. The van der Waals surface area contributed by atoms with Gasteiger partial charge in [0.2, 0.25) is 5.13 Å². The van der Waals surface area contributed by atoms with E-state index < -0.39 is 12.9 Å². The summed E-state index contributed by atoms with van der Waals surface area (Å²) in [4.78, 5) is 3.92. The van der Waals surface area contributed by atoms with E-state index in [4.69, 9.17) is 15.8 Å². The molecule has 98 valence electrons. The molecule has 19 heavy (non-hydrogen) atoms. The third-order valence-electron chi connectivity index (χ3n) is 2.21. The van der Waals surface area contributed by atoms with Gasteiger partial charge in [-0.25, -0.2) is 9.37 Å². The van der Waals surface area contributed by atoms with E-state index in [0.29, 0.717) is 10.9 Å². The number of nitrogen functional groups attached to an aromatic ring is 1. The van der Waals surface area contributed by atoms with Crippen LogP contribution in [-0.4, -0.2) is 28.4 Å². The van der Waals surface area contributed by atoms with Crippen molar-refractivity contribution >= 4 is 41.1 Å². The molecule has 1 aromatic heterocycles. The lowest BCUT2D eigenvalue weighted by molar-refractivity contribution is 0.425. The van der Waals surface area contributed by atoms with E-state index in [0.717, 1.165) is 12.1 Å². The van der Waals surface area contributed by atoms with Crippen molar-refractivity contribution < 1.29 is 14.4 Å². The van der Waals surface area contributed by atoms with E-state index >= 15 is 0 Å². The molecule has 0 atom stereocenters. The van der Waals surface area contributed by atoms with Gasteiger partial charge in [-0.1, -0.05) is 6.07 Å². The summed E-state index contributed by atoms with van der Waals surface area (Å²) < 4.78 is 13.1. The molecule has 0 spiro atoms. The maximum absolute atomic E-state index is 13.1. The number of thiazole rings is 1. The Morgan fingerprint density at radius 2 is 2.26 bits per heavy atom. The molecule has 1 heterocycles. The van der Waals surface area contributed by atoms with Crippen LogP contribution in [0.4, 0.5) is 15.3 Å². The molecular formula is C10H10BFN4O2S. The van der Waals surface area contributed by atoms with Gasteiger partial charge in [0.1, 0.15) is 11.6 Å². The van der Waals surface area contributed by atoms with Gasteiger partial charge in [-0.05, 0) is 23.2 Å². The van der Waals surface area contributed by atoms with Crippen LogP contribution in [0.15, 0.2) is 28.7 Å². The van der Waals surface area contributed by atoms with Gasteiger partial charge in [-0.3, -0.25) is 5.43 Å². The highest BCUT2D eigenvalue weighted by molar-refractivity contribution is 7.14. The van der Waals surface area contributed by atoms with Gasteiger partial charge < -0.3 is 15.8 Å². The molecule has 0 fully saturated rings. The van der Waals surface area contributed by atoms with Gasteiger partial charge in [-0.2, -0.15) is 5.10 Å². The van der Waals surface area contributed by atoms with Crippen molar-refractivity contribution in [3.8, 4) is 0 Å². The summed E-state index contributed by atoms with van der Waals surface area (Å²) in [5.41, 5.74) is 8.46. The van der Waals surface area contributed by atoms with Crippen molar-refractivity contribution in [2.24, 2.45) is 5.10 Å². The number of nitrogens with zero attached hydrogens (tertiary/aromatic N) is 2. The Balaban J connectivity index is 2.15. The highest BCUT2D eigenvalue weighted by atomic mass is 32.1. The Labute approximate surface area is 112 Å². The normalized spacial score (nSPS) is 10.9. The number of nitrogens with two attached hydrogens (primary N) is 1. The third kappa shape index (κ3) is 3.50. The fraction of sp³-hybridized carbons (Fsp3) is 0. The van der Waals surface area contributed by atoms with Crippen LogP contribution in [0.5, 0.6) is 0 Å². The van der Waals surface area contributed by atoms with Gasteiger partial charge in [0.05, 0.1) is 6.21 Å². The van der Waals surface area contributed by atoms with Crippen LogP contribution in [0.25, 0.3) is 0 Å². The summed E-state index contributed by atoms with van der Waals surface area (Å²) in [7, 11) is -1.70. The number of benzene rings is 1. The second kappa shape index (κ2) is 5.78. The Hall–Kier alpha value is -1.97. The monoisotopic (exact) mass is 280 g/mol. The molecule has 0 radical (unpaired) electrons. The summed E-state index contributed by atoms with van der Waals surface area (Å²) in [5, 5.41) is 24.2. The van der Waals surface area contributed by atoms with Crippen LogP contribution in [0.3, 0.4) is 0 Å². The molecule has 0 bridgehead atoms. The summed E-state index contributed by atoms with van der Waals surface area (Å²) in [6.07, 6.45) is 1.27. The quantitative estimate of drug-likeness (QED) is 0.358. The molecule has 0 unspecified atom stereocenters. The van der Waals surface area contributed by atoms with Gasteiger partial charge in [0, 0.05) is 5.38 Å². The van der Waals surface area contributed by atoms with Gasteiger partial charge in [0.25, 0.3) is 0 Å². The number of hydrogen-bond donors (Lipinski definition) is 4. The SMILES string of the molecule is Nc1csc(NN=Cc2cc(F)ccc2B(O)O)n1. The number of nitrogens with one attached hydrogen (secondary N) is 1. The first-order valence-electron chi connectivity index (χ1n) is 5.22. The maximum Gasteiger partial charge on any atom is 0.489 e. The van der Waals surface area contributed by atoms with E-state index in [1.165, 1.54) is 23.6 Å². The van der Waals surface area contributed by atoms with Crippen molar-refractivity contribution in [2.45, 2.75) is 0 Å². The number of rotatable bonds is 4. The molecule has 0 aliphatic rings. The van der Waals surface area contributed by atoms with E-state index in [1.807, 2.05) is 0 Å². The first-order chi connectivity index (χ1) is 9.06. The second-order valence-corrected chi connectivity index (χ2v) is 4.45. The van der Waals surface area contributed by atoms with Gasteiger partial charge in [-0.15, -0.1) is 11.3 Å². The zero-order valence-electron chi connectivity index (χ0n) is 9.62. The predicted molar refractivity (Wildman–Crippen MR) is 74.0 cm³/mol. The van der Waals surface area contributed by atoms with Crippen LogP contribution in [-0.2, 0) is 0 Å². The lowest BCUT2D eigenvalue weighted by atomic mass is 9.77. The highest BCUT2D eigenvalue weighted by Gasteiger charge is 2.15. The third-order valence-corrected chi connectivity index (χ3v) is 2.98. The molecule has 1 aromatic carbocycles. The Bertz CT molecular complexity index is 605. The minimum absolute atomic E-state index is 0.158. The lowest BCUT2D eigenvalue weighted by Crippen LogP contribution is -2.33. The molecule has 9 heteroatoms. The minimum Gasteiger partial charge on any atom is -0.423 e. The smallest absolute Gasteiger partial charge is 0.423 e. The number of hydrogen-bond acceptors (Lipinski definition) is 7. The summed E-state index contributed by atoms with van der Waals surface area (Å²) in [6, 6.07) is 3.57. The Kier molecular flexibility index (Phi) is 4.10. The van der Waals surface area contributed by atoms with Gasteiger partial charge in [0.15, 0.2) is 0 Å². The molecule has 0 aliphatic carbocycles. The zero-order valence-corrected chi connectivity index (χ0v) is 10.4. The summed E-state index contributed by atoms with van der Waals surface area (Å²) >= 11 is 1.26. The molecule has 5 N–H and O–H groups in total. The average molecular weight is 280 g/mol. The average Bonchev–Trinajstić information content (AvgIpc) is 2.75. The van der Waals surface area contributed by atoms with E-state index in [9.17, 15) is 4.39 Å². The van der Waals surface area contributed by atoms with E-state index in [-0.39, 0.29) is 11.0 Å². The Morgan fingerprint density at radius 3 is 2.89 bits per heavy atom. The highest BCUT2D eigenvalue weighted by Crippen LogP contribution is 2.15. The van der Waals surface area contributed by atoms with Crippen LogP contribution in [0.2, 0.25) is 0 Å². The largest absolute Gasteiger partial charge is 0.489 e. The molecule has 2 rings (SSSR count). The van der Waals surface area contributed by atoms with Crippen LogP contribution < -0.4 is 16.6 Å². The minimum atomic E-state index is -1.70. The van der Waals surface area contributed by atoms with E-state index in [2.05, 4.69) is 15.5 Å². The number of halogens is 1. The molecule has 0 saturated heterocycles. The number of hydrazone groups is 1. The fourth-order valence-corrected chi connectivity index (χ4v) is 1.94. The van der Waals surface area contributed by atoms with E-state index in [1.54, 1.807) is 5.38 Å². The van der Waals surface area contributed by atoms with Crippen molar-refractivity contribution in [3.63, 3.8) is 0 Å². The first kappa shape index (κ1) is 13.5. The van der Waals surface area contributed by atoms with Crippen molar-refractivity contribution in [3.05, 3.63) is 35.0 Å². The maximum atomic E-state index is 13.1. The molecule has 0 saturated carbocycles. The summed E-state index contributed by atoms with van der Waals surface area (Å²) in [5.74, 6) is -0.121. The molecule has 2 aromatic rings. The fourth-order valence-electron chi connectivity index (χ4n) is 1.39.